The molecule has 0 aromatic heterocycles. The molecule has 1 saturated heterocycles. The van der Waals surface area contributed by atoms with Crippen LogP contribution in [0.5, 0.6) is 0 Å². The Balaban J connectivity index is 1.42. The molecule has 0 radical (unpaired) electrons. The van der Waals surface area contributed by atoms with Crippen LogP contribution in [0, 0.1) is 5.92 Å². The third-order valence-electron chi connectivity index (χ3n) is 6.07. The van der Waals surface area contributed by atoms with Gasteiger partial charge in [-0.3, -0.25) is 4.79 Å². The maximum absolute atomic E-state index is 12.6. The molecular weight excluding hydrogens is 296 g/mol. The molecule has 2 aliphatic rings. The van der Waals surface area contributed by atoms with E-state index in [4.69, 9.17) is 0 Å². The molecule has 0 spiro atoms. The lowest BCUT2D eigenvalue weighted by molar-refractivity contribution is -0.920. The van der Waals surface area contributed by atoms with Gasteiger partial charge in [0.1, 0.15) is 0 Å². The largest absolute Gasteiger partial charge is 0.348 e. The molecule has 1 aromatic carbocycles. The fourth-order valence-electron chi connectivity index (χ4n) is 4.39. The van der Waals surface area contributed by atoms with Crippen molar-refractivity contribution in [2.45, 2.75) is 70.4 Å². The van der Waals surface area contributed by atoms with Gasteiger partial charge in [-0.25, -0.2) is 0 Å². The average Bonchev–Trinajstić information content (AvgIpc) is 2.63. The van der Waals surface area contributed by atoms with E-state index in [2.05, 4.69) is 42.6 Å². The summed E-state index contributed by atoms with van der Waals surface area (Å²) >= 11 is 0. The third kappa shape index (κ3) is 4.83. The molecule has 0 unspecified atom stereocenters. The van der Waals surface area contributed by atoms with Gasteiger partial charge in [0.2, 0.25) is 0 Å². The van der Waals surface area contributed by atoms with Crippen molar-refractivity contribution in [3.63, 3.8) is 0 Å². The molecule has 1 aromatic rings. The van der Waals surface area contributed by atoms with Crippen molar-refractivity contribution in [2.75, 3.05) is 13.1 Å². The number of hydrogen-bond acceptors (Lipinski definition) is 1. The van der Waals surface area contributed by atoms with Crippen molar-refractivity contribution in [1.29, 1.82) is 0 Å². The van der Waals surface area contributed by atoms with Gasteiger partial charge < -0.3 is 10.2 Å². The van der Waals surface area contributed by atoms with Crippen LogP contribution in [0.4, 0.5) is 0 Å². The molecule has 3 heteroatoms. The fraction of sp³-hybridized carbons (Fsp3) is 0.667. The van der Waals surface area contributed by atoms with Crippen molar-refractivity contribution in [3.8, 4) is 0 Å². The predicted molar refractivity (Wildman–Crippen MR) is 98.0 cm³/mol. The normalized spacial score (nSPS) is 26.7. The summed E-state index contributed by atoms with van der Waals surface area (Å²) < 4.78 is 0. The molecule has 1 aliphatic heterocycles. The molecular formula is C21H33N2O+. The first-order valence-electron chi connectivity index (χ1n) is 9.91. The highest BCUT2D eigenvalue weighted by Crippen LogP contribution is 2.18. The number of carbonyl (C=O) groups excluding carboxylic acids is 1. The molecule has 0 bridgehead atoms. The minimum Gasteiger partial charge on any atom is -0.348 e. The van der Waals surface area contributed by atoms with Gasteiger partial charge >= 0.3 is 0 Å². The monoisotopic (exact) mass is 329 g/mol. The summed E-state index contributed by atoms with van der Waals surface area (Å²) in [4.78, 5) is 14.0. The standard InChI is InChI=1S/C21H32N2O/c1-17(21(24)22-20-10-6-3-7-11-20)23-14-12-19(13-15-23)16-18-8-4-2-5-9-18/h2,4-5,8-9,17,19-20H,3,6-7,10-16H2,1H3,(H,22,24)/p+1/t17-/m1/s1. The highest BCUT2D eigenvalue weighted by Gasteiger charge is 2.31. The minimum absolute atomic E-state index is 0.101. The highest BCUT2D eigenvalue weighted by molar-refractivity contribution is 5.80. The van der Waals surface area contributed by atoms with Gasteiger partial charge in [-0.15, -0.1) is 0 Å². The summed E-state index contributed by atoms with van der Waals surface area (Å²) in [5.74, 6) is 1.06. The smallest absolute Gasteiger partial charge is 0.278 e. The number of piperidine rings is 1. The van der Waals surface area contributed by atoms with Crippen LogP contribution in [0.1, 0.15) is 57.4 Å². The van der Waals surface area contributed by atoms with Crippen molar-refractivity contribution >= 4 is 5.91 Å². The Morgan fingerprint density at radius 3 is 2.42 bits per heavy atom. The maximum atomic E-state index is 12.6. The number of benzene rings is 1. The molecule has 2 N–H and O–H groups in total. The van der Waals surface area contributed by atoms with Crippen molar-refractivity contribution in [1.82, 2.24) is 5.32 Å². The molecule has 1 aliphatic carbocycles. The van der Waals surface area contributed by atoms with Crippen LogP contribution in [-0.4, -0.2) is 31.1 Å². The van der Waals surface area contributed by atoms with Gasteiger partial charge in [-0.1, -0.05) is 49.6 Å². The first-order valence-corrected chi connectivity index (χ1v) is 9.91. The molecule has 3 nitrogen and oxygen atoms in total. The predicted octanol–water partition coefficient (Wildman–Crippen LogP) is 2.36. The number of nitrogens with one attached hydrogen (secondary N) is 2. The average molecular weight is 330 g/mol. The Morgan fingerprint density at radius 1 is 1.08 bits per heavy atom. The molecule has 3 rings (SSSR count). The van der Waals surface area contributed by atoms with E-state index in [1.165, 1.54) is 61.8 Å². The first kappa shape index (κ1) is 17.5. The number of carbonyl (C=O) groups is 1. The molecule has 1 amide bonds. The van der Waals surface area contributed by atoms with Crippen LogP contribution >= 0.6 is 0 Å². The van der Waals surface area contributed by atoms with Crippen LogP contribution in [0.3, 0.4) is 0 Å². The summed E-state index contributed by atoms with van der Waals surface area (Å²) in [5.41, 5.74) is 1.45. The second-order valence-corrected chi connectivity index (χ2v) is 7.86. The van der Waals surface area contributed by atoms with Crippen molar-refractivity contribution in [2.24, 2.45) is 5.92 Å². The molecule has 2 fully saturated rings. The van der Waals surface area contributed by atoms with Crippen LogP contribution in [0.2, 0.25) is 0 Å². The summed E-state index contributed by atoms with van der Waals surface area (Å²) in [6, 6.07) is 11.4. The quantitative estimate of drug-likeness (QED) is 0.854. The summed E-state index contributed by atoms with van der Waals surface area (Å²) in [5, 5.41) is 3.31. The van der Waals surface area contributed by atoms with E-state index in [0.29, 0.717) is 6.04 Å². The molecule has 1 atom stereocenters. The first-order chi connectivity index (χ1) is 11.7. The number of quaternary nitrogens is 1. The Kier molecular flexibility index (Phi) is 6.30. The number of rotatable bonds is 5. The van der Waals surface area contributed by atoms with E-state index in [0.717, 1.165) is 19.0 Å². The van der Waals surface area contributed by atoms with E-state index < -0.39 is 0 Å². The number of likely N-dealkylation sites (tertiary alicyclic amines) is 1. The number of hydrogen-bond donors (Lipinski definition) is 2. The van der Waals surface area contributed by atoms with E-state index in [1.54, 1.807) is 0 Å². The second-order valence-electron chi connectivity index (χ2n) is 7.86. The SMILES string of the molecule is C[C@H](C(=O)NC1CCCCC1)[NH+]1CCC(Cc2ccccc2)CC1. The van der Waals surface area contributed by atoms with Crippen molar-refractivity contribution < 1.29 is 9.69 Å². The molecule has 132 valence electrons. The zero-order chi connectivity index (χ0) is 16.8. The van der Waals surface area contributed by atoms with Gasteiger partial charge in [-0.2, -0.15) is 0 Å². The van der Waals surface area contributed by atoms with E-state index >= 15 is 0 Å². The maximum Gasteiger partial charge on any atom is 0.278 e. The Bertz CT molecular complexity index is 502. The van der Waals surface area contributed by atoms with Gasteiger partial charge in [0.05, 0.1) is 13.1 Å². The lowest BCUT2D eigenvalue weighted by Gasteiger charge is -2.33. The van der Waals surface area contributed by atoms with Gasteiger partial charge in [0.15, 0.2) is 6.04 Å². The van der Waals surface area contributed by atoms with Gasteiger partial charge in [-0.05, 0) is 50.5 Å². The third-order valence-corrected chi connectivity index (χ3v) is 6.07. The Labute approximate surface area is 146 Å². The summed E-state index contributed by atoms with van der Waals surface area (Å²) in [6.07, 6.45) is 9.91. The lowest BCUT2D eigenvalue weighted by Crippen LogP contribution is -3.17. The second kappa shape index (κ2) is 8.66. The highest BCUT2D eigenvalue weighted by atomic mass is 16.2. The van der Waals surface area contributed by atoms with Gasteiger partial charge in [0, 0.05) is 6.04 Å². The minimum atomic E-state index is 0.101. The molecule has 1 saturated carbocycles. The van der Waals surface area contributed by atoms with E-state index in [-0.39, 0.29) is 11.9 Å². The van der Waals surface area contributed by atoms with E-state index in [1.807, 2.05) is 0 Å². The van der Waals surface area contributed by atoms with Crippen LogP contribution in [0.15, 0.2) is 30.3 Å². The Morgan fingerprint density at radius 2 is 1.75 bits per heavy atom. The fourth-order valence-corrected chi connectivity index (χ4v) is 4.39. The van der Waals surface area contributed by atoms with Crippen molar-refractivity contribution in [3.05, 3.63) is 35.9 Å². The summed E-state index contributed by atoms with van der Waals surface area (Å²) in [7, 11) is 0. The molecule has 24 heavy (non-hydrogen) atoms. The zero-order valence-electron chi connectivity index (χ0n) is 15.1. The van der Waals surface area contributed by atoms with Crippen LogP contribution < -0.4 is 10.2 Å². The number of amides is 1. The topological polar surface area (TPSA) is 33.5 Å². The Hall–Kier alpha value is -1.35. The molecule has 1 heterocycles. The van der Waals surface area contributed by atoms with E-state index in [9.17, 15) is 4.79 Å². The zero-order valence-corrected chi connectivity index (χ0v) is 15.1. The van der Waals surface area contributed by atoms with Gasteiger partial charge in [0.25, 0.3) is 5.91 Å². The summed E-state index contributed by atoms with van der Waals surface area (Å²) in [6.45, 7) is 4.39. The lowest BCUT2D eigenvalue weighted by atomic mass is 9.89. The van der Waals surface area contributed by atoms with Crippen LogP contribution in [0.25, 0.3) is 0 Å². The van der Waals surface area contributed by atoms with Crippen LogP contribution in [-0.2, 0) is 11.2 Å².